The summed E-state index contributed by atoms with van der Waals surface area (Å²) in [6.07, 6.45) is 0.682. The number of halogens is 1. The summed E-state index contributed by atoms with van der Waals surface area (Å²) in [4.78, 5) is 11.5. The molecule has 2 rings (SSSR count). The number of methoxy groups -OCH3 is 1. The van der Waals surface area contributed by atoms with Gasteiger partial charge in [-0.25, -0.2) is 0 Å². The number of benzene rings is 1. The molecule has 1 aliphatic heterocycles. The summed E-state index contributed by atoms with van der Waals surface area (Å²) in [6, 6.07) is 5.69. The molecule has 3 nitrogen and oxygen atoms in total. The number of ether oxygens (including phenoxy) is 2. The molecule has 1 unspecified atom stereocenters. The Kier molecular flexibility index (Phi) is 2.95. The van der Waals surface area contributed by atoms with Gasteiger partial charge in [0.1, 0.15) is 5.75 Å². The summed E-state index contributed by atoms with van der Waals surface area (Å²) in [7, 11) is 1.41. The van der Waals surface area contributed by atoms with Gasteiger partial charge in [-0.1, -0.05) is 22.0 Å². The first-order valence-electron chi connectivity index (χ1n) is 4.72. The van der Waals surface area contributed by atoms with Gasteiger partial charge < -0.3 is 9.47 Å². The summed E-state index contributed by atoms with van der Waals surface area (Å²) in [5.41, 5.74) is 0.913. The summed E-state index contributed by atoms with van der Waals surface area (Å²) in [5.74, 6) is 0.389. The van der Waals surface area contributed by atoms with Crippen molar-refractivity contribution in [2.75, 3.05) is 13.7 Å². The van der Waals surface area contributed by atoms with Crippen molar-refractivity contribution in [1.82, 2.24) is 0 Å². The fraction of sp³-hybridized carbons (Fsp3) is 0.364. The molecule has 0 saturated carbocycles. The second kappa shape index (κ2) is 4.23. The van der Waals surface area contributed by atoms with Crippen LogP contribution in [0.15, 0.2) is 22.7 Å². The van der Waals surface area contributed by atoms with E-state index in [1.807, 2.05) is 18.2 Å². The minimum absolute atomic E-state index is 0.188. The molecular weight excluding hydrogens is 260 g/mol. The zero-order valence-corrected chi connectivity index (χ0v) is 9.91. The van der Waals surface area contributed by atoms with Crippen LogP contribution < -0.4 is 4.74 Å². The van der Waals surface area contributed by atoms with Crippen LogP contribution in [0.1, 0.15) is 17.9 Å². The highest BCUT2D eigenvalue weighted by atomic mass is 79.9. The first kappa shape index (κ1) is 10.5. The maximum absolute atomic E-state index is 11.5. The molecule has 1 aliphatic rings. The van der Waals surface area contributed by atoms with Gasteiger partial charge in [0.2, 0.25) is 0 Å². The molecule has 0 bridgehead atoms. The van der Waals surface area contributed by atoms with Gasteiger partial charge >= 0.3 is 5.97 Å². The van der Waals surface area contributed by atoms with Gasteiger partial charge in [0.25, 0.3) is 0 Å². The lowest BCUT2D eigenvalue weighted by Gasteiger charge is -2.24. The number of fused-ring (bicyclic) bond motifs is 1. The number of hydrogen-bond acceptors (Lipinski definition) is 3. The van der Waals surface area contributed by atoms with Crippen molar-refractivity contribution in [3.63, 3.8) is 0 Å². The number of carbonyl (C=O) groups excluding carboxylic acids is 1. The van der Waals surface area contributed by atoms with Gasteiger partial charge in [-0.15, -0.1) is 0 Å². The molecule has 0 saturated heterocycles. The predicted octanol–water partition coefficient (Wildman–Crippen LogP) is 2.49. The Morgan fingerprint density at radius 3 is 3.13 bits per heavy atom. The average Bonchev–Trinajstić information content (AvgIpc) is 2.26. The summed E-state index contributed by atoms with van der Waals surface area (Å²) in [6.45, 7) is 0.559. The van der Waals surface area contributed by atoms with E-state index in [4.69, 9.17) is 9.47 Å². The molecule has 0 spiro atoms. The van der Waals surface area contributed by atoms with Crippen LogP contribution >= 0.6 is 15.9 Å². The third-order valence-electron chi connectivity index (χ3n) is 2.50. The Morgan fingerprint density at radius 2 is 2.40 bits per heavy atom. The molecule has 80 valence electrons. The van der Waals surface area contributed by atoms with Crippen LogP contribution in [0.3, 0.4) is 0 Å². The number of carbonyl (C=O) groups is 1. The normalized spacial score (nSPS) is 18.9. The van der Waals surface area contributed by atoms with Gasteiger partial charge in [-0.3, -0.25) is 4.79 Å². The Hall–Kier alpha value is -1.03. The Morgan fingerprint density at radius 1 is 1.60 bits per heavy atom. The van der Waals surface area contributed by atoms with Crippen LogP contribution in [0, 0.1) is 0 Å². The van der Waals surface area contributed by atoms with Crippen molar-refractivity contribution in [3.8, 4) is 5.75 Å². The molecule has 1 aromatic rings. The van der Waals surface area contributed by atoms with Crippen LogP contribution in [0.4, 0.5) is 0 Å². The van der Waals surface area contributed by atoms with E-state index in [1.54, 1.807) is 0 Å². The van der Waals surface area contributed by atoms with E-state index in [0.29, 0.717) is 13.0 Å². The third kappa shape index (κ3) is 2.00. The van der Waals surface area contributed by atoms with Gasteiger partial charge in [-0.2, -0.15) is 0 Å². The molecule has 4 heteroatoms. The smallest absolute Gasteiger partial charge is 0.313 e. The van der Waals surface area contributed by atoms with Gasteiger partial charge in [0.15, 0.2) is 0 Å². The maximum Gasteiger partial charge on any atom is 0.313 e. The number of hydrogen-bond donors (Lipinski definition) is 0. The van der Waals surface area contributed by atoms with Gasteiger partial charge in [0.05, 0.1) is 19.6 Å². The second-order valence-corrected chi connectivity index (χ2v) is 4.31. The van der Waals surface area contributed by atoms with Crippen molar-refractivity contribution in [2.45, 2.75) is 12.3 Å². The molecule has 0 aliphatic carbocycles. The average molecular weight is 271 g/mol. The highest BCUT2D eigenvalue weighted by Gasteiger charge is 2.28. The topological polar surface area (TPSA) is 35.5 Å². The van der Waals surface area contributed by atoms with E-state index in [1.165, 1.54) is 7.11 Å². The predicted molar refractivity (Wildman–Crippen MR) is 59.0 cm³/mol. The molecule has 0 fully saturated rings. The number of esters is 1. The SMILES string of the molecule is COC(=O)C1CCOc2cc(Br)ccc21. The summed E-state index contributed by atoms with van der Waals surface area (Å²) >= 11 is 3.37. The van der Waals surface area contributed by atoms with Crippen LogP contribution in [0.25, 0.3) is 0 Å². The molecule has 0 amide bonds. The van der Waals surface area contributed by atoms with Crippen LogP contribution in [0.2, 0.25) is 0 Å². The molecular formula is C11H11BrO3. The van der Waals surface area contributed by atoms with Crippen molar-refractivity contribution in [3.05, 3.63) is 28.2 Å². The lowest BCUT2D eigenvalue weighted by atomic mass is 9.93. The Labute approximate surface area is 96.5 Å². The quantitative estimate of drug-likeness (QED) is 0.736. The molecule has 0 aromatic heterocycles. The Bertz CT molecular complexity index is 389. The second-order valence-electron chi connectivity index (χ2n) is 3.40. The molecule has 0 radical (unpaired) electrons. The van der Waals surface area contributed by atoms with E-state index in [2.05, 4.69) is 15.9 Å². The monoisotopic (exact) mass is 270 g/mol. The van der Waals surface area contributed by atoms with Crippen LogP contribution in [-0.2, 0) is 9.53 Å². The van der Waals surface area contributed by atoms with E-state index in [-0.39, 0.29) is 11.9 Å². The van der Waals surface area contributed by atoms with E-state index in [9.17, 15) is 4.79 Å². The van der Waals surface area contributed by atoms with Crippen LogP contribution in [0.5, 0.6) is 5.75 Å². The van der Waals surface area contributed by atoms with Crippen molar-refractivity contribution in [2.24, 2.45) is 0 Å². The molecule has 15 heavy (non-hydrogen) atoms. The molecule has 1 atom stereocenters. The third-order valence-corrected chi connectivity index (χ3v) is 2.99. The maximum atomic E-state index is 11.5. The lowest BCUT2D eigenvalue weighted by Crippen LogP contribution is -2.22. The highest BCUT2D eigenvalue weighted by Crippen LogP contribution is 2.36. The largest absolute Gasteiger partial charge is 0.493 e. The Balaban J connectivity index is 2.38. The summed E-state index contributed by atoms with van der Waals surface area (Å²) in [5, 5.41) is 0. The van der Waals surface area contributed by atoms with E-state index in [0.717, 1.165) is 15.8 Å². The first-order chi connectivity index (χ1) is 7.22. The lowest BCUT2D eigenvalue weighted by molar-refractivity contribution is -0.143. The van der Waals surface area contributed by atoms with Crippen LogP contribution in [-0.4, -0.2) is 19.7 Å². The zero-order chi connectivity index (χ0) is 10.8. The van der Waals surface area contributed by atoms with Crippen molar-refractivity contribution in [1.29, 1.82) is 0 Å². The molecule has 1 aromatic carbocycles. The van der Waals surface area contributed by atoms with E-state index >= 15 is 0 Å². The van der Waals surface area contributed by atoms with Gasteiger partial charge in [-0.05, 0) is 18.6 Å². The van der Waals surface area contributed by atoms with Crippen molar-refractivity contribution >= 4 is 21.9 Å². The van der Waals surface area contributed by atoms with E-state index < -0.39 is 0 Å². The standard InChI is InChI=1S/C11H11BrO3/c1-14-11(13)9-4-5-15-10-6-7(12)2-3-8(9)10/h2-3,6,9H,4-5H2,1H3. The first-order valence-corrected chi connectivity index (χ1v) is 5.51. The minimum Gasteiger partial charge on any atom is -0.493 e. The summed E-state index contributed by atoms with van der Waals surface area (Å²) < 4.78 is 11.2. The zero-order valence-electron chi connectivity index (χ0n) is 8.33. The van der Waals surface area contributed by atoms with Crippen molar-refractivity contribution < 1.29 is 14.3 Å². The molecule has 0 N–H and O–H groups in total. The minimum atomic E-state index is -0.193. The molecule has 1 heterocycles. The fourth-order valence-electron chi connectivity index (χ4n) is 1.75. The van der Waals surface area contributed by atoms with Gasteiger partial charge in [0, 0.05) is 10.0 Å². The highest BCUT2D eigenvalue weighted by molar-refractivity contribution is 9.10. The number of rotatable bonds is 1. The fourth-order valence-corrected chi connectivity index (χ4v) is 2.09.